The summed E-state index contributed by atoms with van der Waals surface area (Å²) in [6, 6.07) is 0. The maximum Gasteiger partial charge on any atom is 0.253 e. The van der Waals surface area contributed by atoms with Gasteiger partial charge in [0.15, 0.2) is 0 Å². The van der Waals surface area contributed by atoms with E-state index < -0.39 is 0 Å². The molecule has 2 aromatic rings. The predicted octanol–water partition coefficient (Wildman–Crippen LogP) is 2.70. The van der Waals surface area contributed by atoms with Crippen molar-refractivity contribution < 1.29 is 9.13 Å². The fourth-order valence-corrected chi connectivity index (χ4v) is 3.02. The summed E-state index contributed by atoms with van der Waals surface area (Å²) < 4.78 is 6.83. The van der Waals surface area contributed by atoms with Crippen LogP contribution in [0.2, 0.25) is 0 Å². The first-order valence-corrected chi connectivity index (χ1v) is 8.53. The van der Waals surface area contributed by atoms with Crippen molar-refractivity contribution in [2.45, 2.75) is 74.4 Å². The molecule has 2 rings (SSSR count). The average Bonchev–Trinajstić information content (AvgIpc) is 2.96. The van der Waals surface area contributed by atoms with E-state index in [1.165, 1.54) is 28.7 Å². The van der Waals surface area contributed by atoms with Crippen LogP contribution in [0, 0.1) is 20.8 Å². The summed E-state index contributed by atoms with van der Waals surface area (Å²) in [7, 11) is 2.13. The predicted molar refractivity (Wildman–Crippen MR) is 90.9 cm³/mol. The zero-order valence-corrected chi connectivity index (χ0v) is 15.7. The Morgan fingerprint density at radius 3 is 1.91 bits per heavy atom. The second-order valence-corrected chi connectivity index (χ2v) is 5.74. The van der Waals surface area contributed by atoms with Crippen LogP contribution < -0.4 is 9.13 Å². The lowest BCUT2D eigenvalue weighted by atomic mass is 10.3. The molecule has 0 amide bonds. The van der Waals surface area contributed by atoms with Crippen LogP contribution in [0.3, 0.4) is 0 Å². The van der Waals surface area contributed by atoms with Gasteiger partial charge in [0.05, 0.1) is 20.1 Å². The van der Waals surface area contributed by atoms with E-state index in [2.05, 4.69) is 80.4 Å². The Hall–Kier alpha value is -1.58. The Balaban J connectivity index is 0.000000220. The summed E-state index contributed by atoms with van der Waals surface area (Å²) in [5, 5.41) is 0. The van der Waals surface area contributed by atoms with Gasteiger partial charge in [-0.25, -0.2) is 18.7 Å². The second-order valence-electron chi connectivity index (χ2n) is 5.74. The minimum absolute atomic E-state index is 1.06. The number of nitrogens with zero attached hydrogens (tertiary/aromatic N) is 3. The van der Waals surface area contributed by atoms with Crippen molar-refractivity contribution in [1.29, 1.82) is 0 Å². The molecule has 0 aromatic carbocycles. The van der Waals surface area contributed by atoms with E-state index in [9.17, 15) is 0 Å². The van der Waals surface area contributed by atoms with Crippen molar-refractivity contribution in [1.82, 2.24) is 9.55 Å². The Morgan fingerprint density at radius 2 is 1.64 bits per heavy atom. The van der Waals surface area contributed by atoms with E-state index in [-0.39, 0.29) is 0 Å². The van der Waals surface area contributed by atoms with Crippen LogP contribution in [0.1, 0.15) is 56.4 Å². The Kier molecular flexibility index (Phi) is 6.85. The second kappa shape index (κ2) is 8.16. The van der Waals surface area contributed by atoms with E-state index in [4.69, 9.17) is 0 Å². The average molecular weight is 306 g/mol. The van der Waals surface area contributed by atoms with Crippen molar-refractivity contribution in [3.63, 3.8) is 0 Å². The van der Waals surface area contributed by atoms with Gasteiger partial charge in [0, 0.05) is 33.6 Å². The van der Waals surface area contributed by atoms with Crippen LogP contribution in [-0.4, -0.2) is 9.55 Å². The number of aromatic nitrogens is 4. The molecule has 0 saturated heterocycles. The van der Waals surface area contributed by atoms with Gasteiger partial charge in [0.25, 0.3) is 11.6 Å². The van der Waals surface area contributed by atoms with Gasteiger partial charge in [-0.1, -0.05) is 13.8 Å². The number of nitrogens with one attached hydrogen (secondary N) is 1. The molecule has 2 heterocycles. The van der Waals surface area contributed by atoms with Gasteiger partial charge in [-0.3, -0.25) is 0 Å². The van der Waals surface area contributed by atoms with Crippen LogP contribution in [-0.2, 0) is 33.0 Å². The van der Waals surface area contributed by atoms with Crippen molar-refractivity contribution >= 4 is 0 Å². The molecule has 0 atom stereocenters. The van der Waals surface area contributed by atoms with Gasteiger partial charge < -0.3 is 0 Å². The first kappa shape index (κ1) is 18.5. The summed E-state index contributed by atoms with van der Waals surface area (Å²) in [6.45, 7) is 17.3. The van der Waals surface area contributed by atoms with Crippen molar-refractivity contribution in [3.8, 4) is 0 Å². The number of hydrogen-bond acceptors (Lipinski definition) is 0. The molecule has 4 nitrogen and oxygen atoms in total. The number of aromatic amines is 1. The van der Waals surface area contributed by atoms with E-state index in [0.717, 1.165) is 25.9 Å². The van der Waals surface area contributed by atoms with E-state index in [1.54, 1.807) is 0 Å². The lowest BCUT2D eigenvalue weighted by Gasteiger charge is -1.93. The summed E-state index contributed by atoms with van der Waals surface area (Å²) in [4.78, 5) is 3.38. The number of aryl methyl sites for hydroxylation is 4. The van der Waals surface area contributed by atoms with E-state index in [1.807, 2.05) is 0 Å². The molecule has 0 aliphatic carbocycles. The molecule has 2 aromatic heterocycles. The molecular weight excluding hydrogens is 272 g/mol. The summed E-state index contributed by atoms with van der Waals surface area (Å²) in [5.74, 6) is 2.60. The molecule has 0 bridgehead atoms. The molecule has 0 spiro atoms. The fraction of sp³-hybridized carbons (Fsp3) is 0.667. The largest absolute Gasteiger partial charge is 0.253 e. The molecule has 124 valence electrons. The first-order chi connectivity index (χ1) is 10.4. The smallest absolute Gasteiger partial charge is 0.245 e. The van der Waals surface area contributed by atoms with Crippen molar-refractivity contribution in [2.75, 3.05) is 0 Å². The van der Waals surface area contributed by atoms with Gasteiger partial charge in [-0.05, 0) is 13.8 Å². The molecule has 0 aliphatic rings. The highest BCUT2D eigenvalue weighted by Crippen LogP contribution is 2.02. The third kappa shape index (κ3) is 3.79. The third-order valence-electron chi connectivity index (χ3n) is 4.59. The van der Waals surface area contributed by atoms with Crippen LogP contribution in [0.4, 0.5) is 0 Å². The lowest BCUT2D eigenvalue weighted by molar-refractivity contribution is -0.704. The first-order valence-electron chi connectivity index (χ1n) is 8.53. The Labute approximate surface area is 135 Å². The quantitative estimate of drug-likeness (QED) is 0.842. The van der Waals surface area contributed by atoms with Crippen LogP contribution >= 0.6 is 0 Å². The van der Waals surface area contributed by atoms with Crippen LogP contribution in [0.15, 0.2) is 6.20 Å². The van der Waals surface area contributed by atoms with E-state index in [0.29, 0.717) is 0 Å². The highest BCUT2D eigenvalue weighted by atomic mass is 15.1. The summed E-state index contributed by atoms with van der Waals surface area (Å²) in [5.41, 5.74) is 4.15. The molecule has 0 aliphatic heterocycles. The molecule has 22 heavy (non-hydrogen) atoms. The lowest BCUT2D eigenvalue weighted by Crippen LogP contribution is -2.36. The number of rotatable bonds is 4. The zero-order chi connectivity index (χ0) is 16.9. The fourth-order valence-electron chi connectivity index (χ4n) is 3.02. The summed E-state index contributed by atoms with van der Waals surface area (Å²) in [6.07, 6.45) is 4.44. The monoisotopic (exact) mass is 306 g/mol. The van der Waals surface area contributed by atoms with Crippen molar-refractivity contribution in [2.24, 2.45) is 7.05 Å². The standard InChI is InChI=1S/C9H17N2.C9H16N2/c1-5-9-7-11(6-2)8(3)10(9)4;1-5-9-7(3)11(6-2)8(4)10-9/h7H,5-6H2,1-4H3;5-6H2,1-4H3/q+1;/p+1. The van der Waals surface area contributed by atoms with Crippen molar-refractivity contribution in [3.05, 3.63) is 34.9 Å². The molecule has 4 heteroatoms. The highest BCUT2D eigenvalue weighted by molar-refractivity contribution is 5.05. The maximum absolute atomic E-state index is 3.38. The van der Waals surface area contributed by atoms with Gasteiger partial charge in [-0.2, -0.15) is 0 Å². The molecule has 0 fully saturated rings. The van der Waals surface area contributed by atoms with Gasteiger partial charge in [0.1, 0.15) is 23.3 Å². The molecular formula is C18H34N4+2. The normalized spacial score (nSPS) is 10.5. The number of hydrogen-bond donors (Lipinski definition) is 1. The van der Waals surface area contributed by atoms with E-state index >= 15 is 0 Å². The zero-order valence-electron chi connectivity index (χ0n) is 15.7. The number of imidazole rings is 2. The van der Waals surface area contributed by atoms with Gasteiger partial charge in [0.2, 0.25) is 0 Å². The topological polar surface area (TPSA) is 28.5 Å². The maximum atomic E-state index is 3.38. The number of H-pyrrole nitrogens is 1. The SMILES string of the molecule is CCc1[nH]c(C)[n+](CC)c1C.CCc1c[n+](CC)c(C)n1C. The minimum atomic E-state index is 1.06. The summed E-state index contributed by atoms with van der Waals surface area (Å²) >= 11 is 0. The molecule has 1 N–H and O–H groups in total. The molecule has 0 saturated carbocycles. The van der Waals surface area contributed by atoms with Gasteiger partial charge >= 0.3 is 0 Å². The third-order valence-corrected chi connectivity index (χ3v) is 4.59. The molecule has 0 unspecified atom stereocenters. The minimum Gasteiger partial charge on any atom is -0.245 e. The van der Waals surface area contributed by atoms with Crippen LogP contribution in [0.25, 0.3) is 0 Å². The van der Waals surface area contributed by atoms with Gasteiger partial charge in [-0.15, -0.1) is 0 Å². The highest BCUT2D eigenvalue weighted by Gasteiger charge is 2.14. The Morgan fingerprint density at radius 1 is 1.00 bits per heavy atom. The van der Waals surface area contributed by atoms with Crippen LogP contribution in [0.5, 0.6) is 0 Å². The molecule has 0 radical (unpaired) electrons. The Bertz CT molecular complexity index is 578.